The summed E-state index contributed by atoms with van der Waals surface area (Å²) in [4.78, 5) is 18.5. The maximum absolute atomic E-state index is 12.4. The minimum absolute atomic E-state index is 0.120. The van der Waals surface area contributed by atoms with E-state index in [1.54, 1.807) is 31.3 Å². The first kappa shape index (κ1) is 17.9. The Hall–Kier alpha value is -2.93. The van der Waals surface area contributed by atoms with E-state index in [2.05, 4.69) is 15.2 Å². The minimum atomic E-state index is -0.187. The molecule has 1 aromatic carbocycles. The van der Waals surface area contributed by atoms with Crippen molar-refractivity contribution in [3.8, 4) is 0 Å². The molecule has 0 fully saturated rings. The third kappa shape index (κ3) is 4.00. The van der Waals surface area contributed by atoms with Gasteiger partial charge in [0.2, 0.25) is 5.89 Å². The third-order valence-electron chi connectivity index (χ3n) is 3.80. The van der Waals surface area contributed by atoms with Crippen LogP contribution in [0.1, 0.15) is 22.8 Å². The lowest BCUT2D eigenvalue weighted by Crippen LogP contribution is -2.28. The van der Waals surface area contributed by atoms with E-state index in [-0.39, 0.29) is 12.1 Å². The topological polar surface area (TPSA) is 77.1 Å². The smallest absolute Gasteiger partial charge is 0.272 e. The maximum Gasteiger partial charge on any atom is 0.272 e. The van der Waals surface area contributed by atoms with Gasteiger partial charge in [0.15, 0.2) is 5.82 Å². The highest BCUT2D eigenvalue weighted by molar-refractivity contribution is 6.30. The molecule has 0 amide bonds. The van der Waals surface area contributed by atoms with E-state index in [0.717, 1.165) is 11.3 Å². The van der Waals surface area contributed by atoms with Gasteiger partial charge in [-0.05, 0) is 30.7 Å². The number of benzene rings is 1. The number of anilines is 1. The van der Waals surface area contributed by atoms with Gasteiger partial charge in [-0.2, -0.15) is 10.1 Å². The SMILES string of the molecule is Cc1c(N(C)C)cnn(Cc2nc(/C=C/c3ccc(Cl)cc3)no2)c1=O. The Morgan fingerprint density at radius 3 is 2.65 bits per heavy atom. The van der Waals surface area contributed by atoms with Crippen LogP contribution < -0.4 is 10.5 Å². The fraction of sp³-hybridized carbons (Fsp3) is 0.222. The molecule has 0 aliphatic carbocycles. The number of aromatic nitrogens is 4. The van der Waals surface area contributed by atoms with E-state index in [0.29, 0.717) is 22.3 Å². The Morgan fingerprint density at radius 2 is 1.96 bits per heavy atom. The molecule has 0 N–H and O–H groups in total. The summed E-state index contributed by atoms with van der Waals surface area (Å²) in [6.45, 7) is 1.89. The predicted molar refractivity (Wildman–Crippen MR) is 101 cm³/mol. The molecule has 3 aromatic rings. The fourth-order valence-corrected chi connectivity index (χ4v) is 2.54. The molecule has 26 heavy (non-hydrogen) atoms. The van der Waals surface area contributed by atoms with Crippen molar-refractivity contribution in [2.24, 2.45) is 0 Å². The second kappa shape index (κ2) is 7.53. The normalized spacial score (nSPS) is 11.2. The first-order valence-corrected chi connectivity index (χ1v) is 8.32. The number of hydrogen-bond donors (Lipinski definition) is 0. The van der Waals surface area contributed by atoms with Gasteiger partial charge in [0.25, 0.3) is 5.56 Å². The van der Waals surface area contributed by atoms with E-state index >= 15 is 0 Å². The van der Waals surface area contributed by atoms with Gasteiger partial charge in [0.05, 0.1) is 11.9 Å². The van der Waals surface area contributed by atoms with Crippen molar-refractivity contribution in [2.75, 3.05) is 19.0 Å². The van der Waals surface area contributed by atoms with Gasteiger partial charge < -0.3 is 9.42 Å². The van der Waals surface area contributed by atoms with Crippen LogP contribution in [0.4, 0.5) is 5.69 Å². The maximum atomic E-state index is 12.4. The number of rotatable bonds is 5. The molecule has 2 heterocycles. The number of hydrogen-bond acceptors (Lipinski definition) is 6. The largest absolute Gasteiger partial charge is 0.376 e. The standard InChI is InChI=1S/C18H18ClN5O2/c1-12-15(23(2)3)10-20-24(18(12)25)11-17-21-16(22-26-17)9-6-13-4-7-14(19)8-5-13/h4-10H,11H2,1-3H3/b9-6+. The highest BCUT2D eigenvalue weighted by Crippen LogP contribution is 2.13. The Morgan fingerprint density at radius 1 is 1.23 bits per heavy atom. The van der Waals surface area contributed by atoms with Crippen LogP contribution in [0, 0.1) is 6.92 Å². The van der Waals surface area contributed by atoms with Crippen LogP contribution in [-0.4, -0.2) is 34.0 Å². The lowest BCUT2D eigenvalue weighted by atomic mass is 10.2. The molecule has 0 atom stereocenters. The molecule has 8 heteroatoms. The zero-order valence-corrected chi connectivity index (χ0v) is 15.4. The lowest BCUT2D eigenvalue weighted by molar-refractivity contribution is 0.361. The molecule has 0 bridgehead atoms. The number of nitrogens with zero attached hydrogens (tertiary/aromatic N) is 5. The van der Waals surface area contributed by atoms with E-state index < -0.39 is 0 Å². The Balaban J connectivity index is 1.75. The van der Waals surface area contributed by atoms with Gasteiger partial charge in [-0.1, -0.05) is 35.0 Å². The molecule has 2 aromatic heterocycles. The molecule has 0 saturated carbocycles. The Labute approximate surface area is 155 Å². The second-order valence-electron chi connectivity index (χ2n) is 5.94. The molecular weight excluding hydrogens is 354 g/mol. The lowest BCUT2D eigenvalue weighted by Gasteiger charge is -2.15. The molecule has 0 saturated heterocycles. The highest BCUT2D eigenvalue weighted by Gasteiger charge is 2.12. The monoisotopic (exact) mass is 371 g/mol. The van der Waals surface area contributed by atoms with Gasteiger partial charge >= 0.3 is 0 Å². The van der Waals surface area contributed by atoms with Crippen LogP contribution in [0.2, 0.25) is 5.02 Å². The zero-order valence-electron chi connectivity index (χ0n) is 14.7. The van der Waals surface area contributed by atoms with Crippen molar-refractivity contribution in [3.05, 3.63) is 68.7 Å². The summed E-state index contributed by atoms with van der Waals surface area (Å²) in [5.41, 5.74) is 2.18. The summed E-state index contributed by atoms with van der Waals surface area (Å²) in [5.74, 6) is 0.733. The third-order valence-corrected chi connectivity index (χ3v) is 4.06. The van der Waals surface area contributed by atoms with Crippen molar-refractivity contribution in [2.45, 2.75) is 13.5 Å². The molecule has 134 valence electrons. The predicted octanol–water partition coefficient (Wildman–Crippen LogP) is 2.87. The highest BCUT2D eigenvalue weighted by atomic mass is 35.5. The summed E-state index contributed by atoms with van der Waals surface area (Å²) < 4.78 is 6.51. The second-order valence-corrected chi connectivity index (χ2v) is 6.38. The minimum Gasteiger partial charge on any atom is -0.376 e. The Bertz CT molecular complexity index is 990. The fourth-order valence-electron chi connectivity index (χ4n) is 2.41. The summed E-state index contributed by atoms with van der Waals surface area (Å²) in [7, 11) is 3.73. The van der Waals surface area contributed by atoms with Crippen LogP contribution in [-0.2, 0) is 6.54 Å². The van der Waals surface area contributed by atoms with Gasteiger partial charge in [-0.15, -0.1) is 0 Å². The molecule has 0 aliphatic heterocycles. The molecule has 3 rings (SSSR count). The molecule has 0 aliphatic rings. The van der Waals surface area contributed by atoms with Gasteiger partial charge in [-0.3, -0.25) is 4.79 Å². The van der Waals surface area contributed by atoms with Crippen LogP contribution in [0.25, 0.3) is 12.2 Å². The van der Waals surface area contributed by atoms with Crippen LogP contribution in [0.3, 0.4) is 0 Å². The van der Waals surface area contributed by atoms with E-state index in [9.17, 15) is 4.79 Å². The quantitative estimate of drug-likeness (QED) is 0.686. The van der Waals surface area contributed by atoms with E-state index in [1.165, 1.54) is 4.68 Å². The molecular formula is C18H18ClN5O2. The van der Waals surface area contributed by atoms with Gasteiger partial charge in [0, 0.05) is 24.7 Å². The molecule has 0 spiro atoms. The average molecular weight is 372 g/mol. The first-order chi connectivity index (χ1) is 12.4. The number of halogens is 1. The van der Waals surface area contributed by atoms with Crippen LogP contribution in [0.15, 0.2) is 39.8 Å². The summed E-state index contributed by atoms with van der Waals surface area (Å²) >= 11 is 5.86. The average Bonchev–Trinajstić information content (AvgIpc) is 3.06. The van der Waals surface area contributed by atoms with Crippen molar-refractivity contribution in [3.63, 3.8) is 0 Å². The van der Waals surface area contributed by atoms with Crippen molar-refractivity contribution >= 4 is 29.4 Å². The summed E-state index contributed by atoms with van der Waals surface area (Å²) in [6, 6.07) is 7.39. The van der Waals surface area contributed by atoms with E-state index in [1.807, 2.05) is 37.2 Å². The molecule has 0 radical (unpaired) electrons. The van der Waals surface area contributed by atoms with Crippen molar-refractivity contribution in [1.29, 1.82) is 0 Å². The summed E-state index contributed by atoms with van der Waals surface area (Å²) in [5, 5.41) is 8.74. The van der Waals surface area contributed by atoms with Crippen LogP contribution in [0.5, 0.6) is 0 Å². The molecule has 0 unspecified atom stereocenters. The summed E-state index contributed by atoms with van der Waals surface area (Å²) in [6.07, 6.45) is 5.23. The first-order valence-electron chi connectivity index (χ1n) is 7.94. The van der Waals surface area contributed by atoms with E-state index in [4.69, 9.17) is 16.1 Å². The van der Waals surface area contributed by atoms with Gasteiger partial charge in [0.1, 0.15) is 6.54 Å². The zero-order chi connectivity index (χ0) is 18.7. The Kier molecular flexibility index (Phi) is 5.18. The van der Waals surface area contributed by atoms with Crippen LogP contribution >= 0.6 is 11.6 Å². The molecule has 7 nitrogen and oxygen atoms in total. The van der Waals surface area contributed by atoms with Crippen molar-refractivity contribution in [1.82, 2.24) is 19.9 Å². The van der Waals surface area contributed by atoms with Gasteiger partial charge in [-0.25, -0.2) is 4.68 Å². The van der Waals surface area contributed by atoms with Crippen molar-refractivity contribution < 1.29 is 4.52 Å².